The Morgan fingerprint density at radius 1 is 1.40 bits per heavy atom. The van der Waals surface area contributed by atoms with Crippen molar-refractivity contribution in [2.45, 2.75) is 17.1 Å². The van der Waals surface area contributed by atoms with Gasteiger partial charge in [0, 0.05) is 10.6 Å². The van der Waals surface area contributed by atoms with Crippen LogP contribution in [0.15, 0.2) is 29.2 Å². The van der Waals surface area contributed by atoms with Gasteiger partial charge < -0.3 is 16.2 Å². The highest BCUT2D eigenvalue weighted by Crippen LogP contribution is 2.29. The maximum atomic E-state index is 11.3. The van der Waals surface area contributed by atoms with Crippen LogP contribution in [0, 0.1) is 0 Å². The Kier molecular flexibility index (Phi) is 5.40. The van der Waals surface area contributed by atoms with Gasteiger partial charge in [0.05, 0.1) is 11.7 Å². The highest BCUT2D eigenvalue weighted by molar-refractivity contribution is 7.99. The van der Waals surface area contributed by atoms with Gasteiger partial charge in [-0.2, -0.15) is 13.2 Å². The van der Waals surface area contributed by atoms with Crippen LogP contribution in [-0.2, 0) is 9.59 Å². The highest BCUT2D eigenvalue weighted by atomic mass is 32.2. The molecular weight excluding hydrogens is 297 g/mol. The second kappa shape index (κ2) is 6.62. The van der Waals surface area contributed by atoms with E-state index in [0.717, 1.165) is 10.6 Å². The van der Waals surface area contributed by atoms with E-state index >= 15 is 0 Å². The molecule has 2 rings (SSSR count). The van der Waals surface area contributed by atoms with Gasteiger partial charge in [-0.05, 0) is 12.1 Å². The molecular formula is C11H11F3N2O3S. The number of carbonyl (C=O) groups excluding carboxylic acids is 1. The Morgan fingerprint density at radius 2 is 1.95 bits per heavy atom. The Hall–Kier alpha value is -1.74. The summed E-state index contributed by atoms with van der Waals surface area (Å²) in [6, 6.07) is 7.32. The Bertz CT molecular complexity index is 508. The fraction of sp³-hybridized carbons (Fsp3) is 0.273. The first-order valence-electron chi connectivity index (χ1n) is 5.30. The summed E-state index contributed by atoms with van der Waals surface area (Å²) in [6.07, 6.45) is -5.08. The van der Waals surface area contributed by atoms with Crippen LogP contribution in [0.2, 0.25) is 0 Å². The molecule has 1 aromatic rings. The van der Waals surface area contributed by atoms with E-state index in [1.807, 2.05) is 24.3 Å². The molecule has 1 aliphatic heterocycles. The number of nitrogens with two attached hydrogens (primary N) is 1. The Morgan fingerprint density at radius 3 is 2.50 bits per heavy atom. The second-order valence-electron chi connectivity index (χ2n) is 3.71. The number of halogens is 3. The standard InChI is InChI=1S/C9H10N2OS.C2HF3O2/c10-6-5-13-8-4-2-1-3-7(8)11-9(6)12;3-2(4,5)1(6)7/h1-4,6H,5,10H2,(H,11,12);(H,6,7)/t6-;/m1./s1. The molecule has 9 heteroatoms. The van der Waals surface area contributed by atoms with Crippen LogP contribution < -0.4 is 11.1 Å². The molecule has 0 radical (unpaired) electrons. The molecule has 1 aliphatic rings. The topological polar surface area (TPSA) is 92.4 Å². The average Bonchev–Trinajstić information content (AvgIpc) is 2.49. The number of carbonyl (C=O) groups is 2. The van der Waals surface area contributed by atoms with Crippen molar-refractivity contribution in [2.24, 2.45) is 5.73 Å². The van der Waals surface area contributed by atoms with Crippen LogP contribution in [-0.4, -0.2) is 35.0 Å². The van der Waals surface area contributed by atoms with Crippen molar-refractivity contribution in [1.29, 1.82) is 0 Å². The smallest absolute Gasteiger partial charge is 0.475 e. The van der Waals surface area contributed by atoms with Crippen molar-refractivity contribution >= 4 is 29.3 Å². The fourth-order valence-corrected chi connectivity index (χ4v) is 2.14. The molecule has 1 atom stereocenters. The third kappa shape index (κ3) is 4.74. The first kappa shape index (κ1) is 16.3. The van der Waals surface area contributed by atoms with Gasteiger partial charge in [0.1, 0.15) is 0 Å². The summed E-state index contributed by atoms with van der Waals surface area (Å²) in [5, 5.41) is 9.91. The normalized spacial score (nSPS) is 18.0. The number of carboxylic acids is 1. The van der Waals surface area contributed by atoms with Crippen LogP contribution >= 0.6 is 11.8 Å². The summed E-state index contributed by atoms with van der Waals surface area (Å²) in [5.74, 6) is -2.21. The van der Waals surface area contributed by atoms with Gasteiger partial charge >= 0.3 is 12.1 Å². The zero-order valence-electron chi connectivity index (χ0n) is 9.98. The van der Waals surface area contributed by atoms with Gasteiger partial charge in [-0.15, -0.1) is 11.8 Å². The van der Waals surface area contributed by atoms with Crippen LogP contribution in [0.3, 0.4) is 0 Å². The molecule has 0 aliphatic carbocycles. The van der Waals surface area contributed by atoms with Gasteiger partial charge in [0.15, 0.2) is 0 Å². The quantitative estimate of drug-likeness (QED) is 0.678. The molecule has 0 saturated carbocycles. The van der Waals surface area contributed by atoms with Crippen LogP contribution in [0.1, 0.15) is 0 Å². The van der Waals surface area contributed by atoms with Gasteiger partial charge in [-0.1, -0.05) is 12.1 Å². The van der Waals surface area contributed by atoms with E-state index in [2.05, 4.69) is 5.32 Å². The largest absolute Gasteiger partial charge is 0.490 e. The number of carboxylic acid groups (broad SMARTS) is 1. The van der Waals surface area contributed by atoms with E-state index in [1.54, 1.807) is 11.8 Å². The third-order valence-electron chi connectivity index (χ3n) is 2.14. The van der Waals surface area contributed by atoms with Crippen molar-refractivity contribution in [3.05, 3.63) is 24.3 Å². The van der Waals surface area contributed by atoms with E-state index in [4.69, 9.17) is 15.6 Å². The number of hydrogen-bond acceptors (Lipinski definition) is 4. The number of benzene rings is 1. The minimum atomic E-state index is -5.08. The lowest BCUT2D eigenvalue weighted by molar-refractivity contribution is -0.192. The maximum absolute atomic E-state index is 11.3. The monoisotopic (exact) mass is 308 g/mol. The molecule has 1 aromatic carbocycles. The van der Waals surface area contributed by atoms with Gasteiger partial charge in [-0.3, -0.25) is 4.79 Å². The van der Waals surface area contributed by atoms with Crippen molar-refractivity contribution in [3.63, 3.8) is 0 Å². The van der Waals surface area contributed by atoms with Crippen LogP contribution in [0.25, 0.3) is 0 Å². The maximum Gasteiger partial charge on any atom is 0.490 e. The third-order valence-corrected chi connectivity index (χ3v) is 3.34. The fourth-order valence-electron chi connectivity index (χ4n) is 1.18. The molecule has 5 nitrogen and oxygen atoms in total. The second-order valence-corrected chi connectivity index (χ2v) is 4.77. The molecule has 20 heavy (non-hydrogen) atoms. The van der Waals surface area contributed by atoms with Crippen molar-refractivity contribution in [1.82, 2.24) is 0 Å². The number of hydrogen-bond donors (Lipinski definition) is 3. The number of alkyl halides is 3. The summed E-state index contributed by atoms with van der Waals surface area (Å²) in [4.78, 5) is 21.3. The predicted molar refractivity (Wildman–Crippen MR) is 67.5 cm³/mol. The molecule has 0 unspecified atom stereocenters. The number of fused-ring (bicyclic) bond motifs is 1. The lowest BCUT2D eigenvalue weighted by Crippen LogP contribution is -2.36. The summed E-state index contributed by atoms with van der Waals surface area (Å²) < 4.78 is 31.7. The van der Waals surface area contributed by atoms with Crippen molar-refractivity contribution < 1.29 is 27.9 Å². The SMILES string of the molecule is N[C@@H]1CSc2ccccc2NC1=O.O=C(O)C(F)(F)F. The Labute approximate surface area is 116 Å². The van der Waals surface area contributed by atoms with Gasteiger partial charge in [0.25, 0.3) is 0 Å². The zero-order chi connectivity index (χ0) is 15.3. The summed E-state index contributed by atoms with van der Waals surface area (Å²) in [6.45, 7) is 0. The average molecular weight is 308 g/mol. The van der Waals surface area contributed by atoms with Crippen LogP contribution in [0.4, 0.5) is 18.9 Å². The minimum Gasteiger partial charge on any atom is -0.475 e. The molecule has 0 aromatic heterocycles. The molecule has 0 fully saturated rings. The molecule has 0 saturated heterocycles. The van der Waals surface area contributed by atoms with Gasteiger partial charge in [-0.25, -0.2) is 4.79 Å². The summed E-state index contributed by atoms with van der Waals surface area (Å²) in [7, 11) is 0. The number of amides is 1. The van der Waals surface area contributed by atoms with E-state index in [1.165, 1.54) is 0 Å². The molecule has 110 valence electrons. The van der Waals surface area contributed by atoms with Crippen molar-refractivity contribution in [2.75, 3.05) is 11.1 Å². The number of nitrogens with one attached hydrogen (secondary N) is 1. The molecule has 4 N–H and O–H groups in total. The number of rotatable bonds is 0. The van der Waals surface area contributed by atoms with E-state index < -0.39 is 18.2 Å². The highest BCUT2D eigenvalue weighted by Gasteiger charge is 2.38. The summed E-state index contributed by atoms with van der Waals surface area (Å²) in [5.41, 5.74) is 6.49. The molecule has 0 bridgehead atoms. The Balaban J connectivity index is 0.000000246. The number of para-hydroxylation sites is 1. The van der Waals surface area contributed by atoms with Crippen LogP contribution in [0.5, 0.6) is 0 Å². The van der Waals surface area contributed by atoms with Gasteiger partial charge in [0.2, 0.25) is 5.91 Å². The van der Waals surface area contributed by atoms with Crippen molar-refractivity contribution in [3.8, 4) is 0 Å². The first-order valence-corrected chi connectivity index (χ1v) is 6.28. The minimum absolute atomic E-state index is 0.0996. The van der Waals surface area contributed by atoms with E-state index in [0.29, 0.717) is 5.75 Å². The lowest BCUT2D eigenvalue weighted by atomic mass is 10.3. The lowest BCUT2D eigenvalue weighted by Gasteiger charge is -2.05. The summed E-state index contributed by atoms with van der Waals surface area (Å²) >= 11 is 1.61. The number of aliphatic carboxylic acids is 1. The molecule has 0 spiro atoms. The molecule has 1 heterocycles. The zero-order valence-corrected chi connectivity index (χ0v) is 10.8. The van der Waals surface area contributed by atoms with E-state index in [9.17, 15) is 18.0 Å². The van der Waals surface area contributed by atoms with E-state index in [-0.39, 0.29) is 5.91 Å². The number of anilines is 1. The molecule has 1 amide bonds. The predicted octanol–water partition coefficient (Wildman–Crippen LogP) is 1.69. The number of thioether (sulfide) groups is 1. The first-order chi connectivity index (χ1) is 9.21.